The Balaban J connectivity index is 0.000000791. The monoisotopic (exact) mass is 196 g/mol. The maximum Gasteiger partial charge on any atom is 0.335 e. The number of phenolic OH excluding ortho intramolecular Hbond substituents is 1. The van der Waals surface area contributed by atoms with Crippen LogP contribution in [0.1, 0.15) is 35.3 Å². The van der Waals surface area contributed by atoms with Crippen LogP contribution in [0.2, 0.25) is 0 Å². The summed E-state index contributed by atoms with van der Waals surface area (Å²) in [6, 6.07) is 2.90. The quantitative estimate of drug-likeness (QED) is 0.726. The zero-order chi connectivity index (χ0) is 11.3. The summed E-state index contributed by atoms with van der Waals surface area (Å²) in [4.78, 5) is 10.5. The summed E-state index contributed by atoms with van der Waals surface area (Å²) in [5, 5.41) is 18.0. The zero-order valence-corrected chi connectivity index (χ0v) is 8.96. The van der Waals surface area contributed by atoms with Crippen LogP contribution >= 0.6 is 0 Å². The van der Waals surface area contributed by atoms with Crippen LogP contribution in [0.4, 0.5) is 0 Å². The van der Waals surface area contributed by atoms with Crippen molar-refractivity contribution in [3.05, 3.63) is 28.8 Å². The minimum absolute atomic E-state index is 0.167. The van der Waals surface area contributed by atoms with E-state index in [1.807, 2.05) is 13.8 Å². The fraction of sp³-hybridized carbons (Fsp3) is 0.364. The predicted molar refractivity (Wildman–Crippen MR) is 55.9 cm³/mol. The topological polar surface area (TPSA) is 57.5 Å². The van der Waals surface area contributed by atoms with E-state index >= 15 is 0 Å². The first-order valence-electron chi connectivity index (χ1n) is 4.56. The van der Waals surface area contributed by atoms with Gasteiger partial charge in [0.25, 0.3) is 0 Å². The standard InChI is InChI=1S/C9H10O3.C2H6/c1-5-3-7(9(11)12)4-6(2)8(5)10;1-2/h3-4,10H,1-2H3,(H,11,12);1-2H3. The lowest BCUT2D eigenvalue weighted by atomic mass is 10.1. The van der Waals surface area contributed by atoms with Gasteiger partial charge in [-0.2, -0.15) is 0 Å². The molecule has 0 spiro atoms. The van der Waals surface area contributed by atoms with Crippen molar-refractivity contribution in [1.29, 1.82) is 0 Å². The second kappa shape index (κ2) is 5.27. The van der Waals surface area contributed by atoms with Crippen molar-refractivity contribution in [1.82, 2.24) is 0 Å². The minimum Gasteiger partial charge on any atom is -0.507 e. The van der Waals surface area contributed by atoms with Gasteiger partial charge in [-0.1, -0.05) is 13.8 Å². The molecule has 0 bridgehead atoms. The number of aromatic hydroxyl groups is 1. The number of rotatable bonds is 1. The van der Waals surface area contributed by atoms with Gasteiger partial charge in [-0.3, -0.25) is 0 Å². The number of phenols is 1. The number of carboxylic acids is 1. The number of aromatic carboxylic acids is 1. The van der Waals surface area contributed by atoms with Gasteiger partial charge in [0, 0.05) is 0 Å². The fourth-order valence-corrected chi connectivity index (χ4v) is 1.08. The van der Waals surface area contributed by atoms with E-state index in [-0.39, 0.29) is 11.3 Å². The SMILES string of the molecule is CC.Cc1cc(C(=O)O)cc(C)c1O. The van der Waals surface area contributed by atoms with Crippen LogP contribution < -0.4 is 0 Å². The third-order valence-electron chi connectivity index (χ3n) is 1.74. The van der Waals surface area contributed by atoms with Gasteiger partial charge in [-0.15, -0.1) is 0 Å². The highest BCUT2D eigenvalue weighted by atomic mass is 16.4. The Bertz CT molecular complexity index is 306. The number of carboxylic acid groups (broad SMARTS) is 1. The molecule has 3 nitrogen and oxygen atoms in total. The Kier molecular flexibility index (Phi) is 4.70. The first kappa shape index (κ1) is 12.5. The van der Waals surface area contributed by atoms with Crippen molar-refractivity contribution >= 4 is 5.97 Å². The van der Waals surface area contributed by atoms with Crippen LogP contribution in [-0.2, 0) is 0 Å². The Morgan fingerprint density at radius 1 is 1.14 bits per heavy atom. The second-order valence-electron chi connectivity index (χ2n) is 2.76. The summed E-state index contributed by atoms with van der Waals surface area (Å²) < 4.78 is 0. The Hall–Kier alpha value is -1.51. The molecule has 0 aromatic heterocycles. The van der Waals surface area contributed by atoms with Crippen LogP contribution in [0.25, 0.3) is 0 Å². The normalized spacial score (nSPS) is 8.86. The zero-order valence-electron chi connectivity index (χ0n) is 8.96. The molecule has 1 aromatic carbocycles. The number of hydrogen-bond donors (Lipinski definition) is 2. The molecule has 78 valence electrons. The summed E-state index contributed by atoms with van der Waals surface area (Å²) in [5.41, 5.74) is 1.39. The van der Waals surface area contributed by atoms with Crippen molar-refractivity contribution < 1.29 is 15.0 Å². The van der Waals surface area contributed by atoms with Gasteiger partial charge in [-0.05, 0) is 37.1 Å². The van der Waals surface area contributed by atoms with Crippen LogP contribution in [0.15, 0.2) is 12.1 Å². The van der Waals surface area contributed by atoms with Crippen molar-refractivity contribution in [2.45, 2.75) is 27.7 Å². The van der Waals surface area contributed by atoms with Gasteiger partial charge in [0.1, 0.15) is 5.75 Å². The van der Waals surface area contributed by atoms with E-state index in [0.717, 1.165) is 0 Å². The number of aryl methyl sites for hydroxylation is 2. The molecule has 0 aliphatic carbocycles. The van der Waals surface area contributed by atoms with Gasteiger partial charge in [0.2, 0.25) is 0 Å². The average Bonchev–Trinajstić information content (AvgIpc) is 2.16. The van der Waals surface area contributed by atoms with Crippen molar-refractivity contribution in [3.8, 4) is 5.75 Å². The predicted octanol–water partition coefficient (Wildman–Crippen LogP) is 2.73. The Labute approximate surface area is 84.0 Å². The molecule has 0 amide bonds. The van der Waals surface area contributed by atoms with Crippen LogP contribution in [0.5, 0.6) is 5.75 Å². The van der Waals surface area contributed by atoms with Crippen molar-refractivity contribution in [2.75, 3.05) is 0 Å². The lowest BCUT2D eigenvalue weighted by Crippen LogP contribution is -1.97. The molecule has 2 N–H and O–H groups in total. The fourth-order valence-electron chi connectivity index (χ4n) is 1.08. The van der Waals surface area contributed by atoms with Crippen LogP contribution in [-0.4, -0.2) is 16.2 Å². The Morgan fingerprint density at radius 2 is 1.50 bits per heavy atom. The number of carbonyl (C=O) groups is 1. The lowest BCUT2D eigenvalue weighted by Gasteiger charge is -2.03. The molecule has 0 aliphatic heterocycles. The number of hydrogen-bond acceptors (Lipinski definition) is 2. The van der Waals surface area contributed by atoms with E-state index in [1.54, 1.807) is 13.8 Å². The lowest BCUT2D eigenvalue weighted by molar-refractivity contribution is 0.0696. The summed E-state index contributed by atoms with van der Waals surface area (Å²) in [6.45, 7) is 7.35. The molecule has 0 unspecified atom stereocenters. The molecule has 0 saturated carbocycles. The van der Waals surface area contributed by atoms with E-state index < -0.39 is 5.97 Å². The third kappa shape index (κ3) is 2.76. The van der Waals surface area contributed by atoms with Crippen LogP contribution in [0, 0.1) is 13.8 Å². The molecule has 0 aliphatic rings. The first-order valence-corrected chi connectivity index (χ1v) is 4.56. The maximum atomic E-state index is 10.5. The first-order chi connectivity index (χ1) is 6.52. The van der Waals surface area contributed by atoms with E-state index in [2.05, 4.69) is 0 Å². The molecule has 0 fully saturated rings. The molecule has 0 heterocycles. The van der Waals surface area contributed by atoms with Gasteiger partial charge in [0.05, 0.1) is 5.56 Å². The van der Waals surface area contributed by atoms with Gasteiger partial charge in [0.15, 0.2) is 0 Å². The molecule has 0 radical (unpaired) electrons. The van der Waals surface area contributed by atoms with Gasteiger partial charge >= 0.3 is 5.97 Å². The minimum atomic E-state index is -0.971. The number of benzene rings is 1. The molecule has 0 atom stereocenters. The van der Waals surface area contributed by atoms with Crippen molar-refractivity contribution in [3.63, 3.8) is 0 Å². The van der Waals surface area contributed by atoms with E-state index in [0.29, 0.717) is 11.1 Å². The summed E-state index contributed by atoms with van der Waals surface area (Å²) in [6.07, 6.45) is 0. The van der Waals surface area contributed by atoms with E-state index in [1.165, 1.54) is 12.1 Å². The molecule has 1 rings (SSSR count). The summed E-state index contributed by atoms with van der Waals surface area (Å²) >= 11 is 0. The van der Waals surface area contributed by atoms with Crippen molar-refractivity contribution in [2.24, 2.45) is 0 Å². The molecular weight excluding hydrogens is 180 g/mol. The van der Waals surface area contributed by atoms with Gasteiger partial charge < -0.3 is 10.2 Å². The maximum absolute atomic E-state index is 10.5. The average molecular weight is 196 g/mol. The highest BCUT2D eigenvalue weighted by Crippen LogP contribution is 2.22. The van der Waals surface area contributed by atoms with E-state index in [4.69, 9.17) is 5.11 Å². The van der Waals surface area contributed by atoms with Gasteiger partial charge in [-0.25, -0.2) is 4.79 Å². The largest absolute Gasteiger partial charge is 0.507 e. The smallest absolute Gasteiger partial charge is 0.335 e. The highest BCUT2D eigenvalue weighted by molar-refractivity contribution is 5.88. The molecule has 14 heavy (non-hydrogen) atoms. The molecular formula is C11H16O3. The third-order valence-corrected chi connectivity index (χ3v) is 1.74. The van der Waals surface area contributed by atoms with E-state index in [9.17, 15) is 9.90 Å². The highest BCUT2D eigenvalue weighted by Gasteiger charge is 2.07. The Morgan fingerprint density at radius 3 is 1.79 bits per heavy atom. The summed E-state index contributed by atoms with van der Waals surface area (Å²) in [7, 11) is 0. The molecule has 0 saturated heterocycles. The molecule has 1 aromatic rings. The summed E-state index contributed by atoms with van der Waals surface area (Å²) in [5.74, 6) is -0.804. The second-order valence-corrected chi connectivity index (χ2v) is 2.76. The molecule has 3 heteroatoms. The van der Waals surface area contributed by atoms with Crippen LogP contribution in [0.3, 0.4) is 0 Å².